The summed E-state index contributed by atoms with van der Waals surface area (Å²) in [5.74, 6) is 0.622. The summed E-state index contributed by atoms with van der Waals surface area (Å²) in [6, 6.07) is 17.8. The van der Waals surface area contributed by atoms with Gasteiger partial charge in [-0.2, -0.15) is 0 Å². The monoisotopic (exact) mass is 437 g/mol. The van der Waals surface area contributed by atoms with Gasteiger partial charge in [0, 0.05) is 28.3 Å². The maximum atomic E-state index is 12.5. The van der Waals surface area contributed by atoms with E-state index in [1.165, 1.54) is 0 Å². The zero-order valence-corrected chi connectivity index (χ0v) is 16.3. The van der Waals surface area contributed by atoms with Crippen molar-refractivity contribution in [1.82, 2.24) is 4.98 Å². The van der Waals surface area contributed by atoms with Gasteiger partial charge in [0.1, 0.15) is 11.6 Å². The van der Waals surface area contributed by atoms with Crippen LogP contribution in [0.25, 0.3) is 0 Å². The lowest BCUT2D eigenvalue weighted by Crippen LogP contribution is -2.31. The second kappa shape index (κ2) is 7.82. The molecular formula is C21H16BrN3O3. The van der Waals surface area contributed by atoms with Crippen molar-refractivity contribution in [3.8, 4) is 5.75 Å². The smallest absolute Gasteiger partial charge is 0.265 e. The molecular weight excluding hydrogens is 422 g/mol. The number of ether oxygens (including phenoxy) is 1. The molecule has 0 saturated heterocycles. The summed E-state index contributed by atoms with van der Waals surface area (Å²) in [7, 11) is 0. The molecule has 0 aliphatic carbocycles. The SMILES string of the molecule is O=C(Nc1ccc(Br)cn1)c1cccc(NC(=O)C2Cc3ccccc3O2)c1. The molecule has 0 bridgehead atoms. The van der Waals surface area contributed by atoms with E-state index in [0.717, 1.165) is 15.8 Å². The van der Waals surface area contributed by atoms with Gasteiger partial charge in [0.15, 0.2) is 6.10 Å². The summed E-state index contributed by atoms with van der Waals surface area (Å²) >= 11 is 3.30. The highest BCUT2D eigenvalue weighted by Gasteiger charge is 2.28. The molecule has 2 N–H and O–H groups in total. The van der Waals surface area contributed by atoms with Crippen molar-refractivity contribution in [3.05, 3.63) is 82.5 Å². The number of hydrogen-bond acceptors (Lipinski definition) is 4. The first-order valence-corrected chi connectivity index (χ1v) is 9.46. The first-order chi connectivity index (χ1) is 13.6. The first kappa shape index (κ1) is 18.2. The second-order valence-corrected chi connectivity index (χ2v) is 7.22. The van der Waals surface area contributed by atoms with Crippen LogP contribution in [-0.2, 0) is 11.2 Å². The lowest BCUT2D eigenvalue weighted by molar-refractivity contribution is -0.122. The fraction of sp³-hybridized carbons (Fsp3) is 0.0952. The van der Waals surface area contributed by atoms with Crippen LogP contribution in [0.15, 0.2) is 71.3 Å². The van der Waals surface area contributed by atoms with Gasteiger partial charge in [0.2, 0.25) is 0 Å². The average Bonchev–Trinajstić information content (AvgIpc) is 3.14. The predicted octanol–water partition coefficient (Wildman–Crippen LogP) is 4.04. The summed E-state index contributed by atoms with van der Waals surface area (Å²) in [6.45, 7) is 0. The first-order valence-electron chi connectivity index (χ1n) is 8.67. The van der Waals surface area contributed by atoms with Gasteiger partial charge in [-0.15, -0.1) is 0 Å². The predicted molar refractivity (Wildman–Crippen MR) is 110 cm³/mol. The molecule has 2 heterocycles. The van der Waals surface area contributed by atoms with Gasteiger partial charge >= 0.3 is 0 Å². The normalized spacial score (nSPS) is 14.7. The van der Waals surface area contributed by atoms with Crippen molar-refractivity contribution < 1.29 is 14.3 Å². The Kier molecular flexibility index (Phi) is 5.08. The van der Waals surface area contributed by atoms with Crippen LogP contribution in [0.2, 0.25) is 0 Å². The largest absolute Gasteiger partial charge is 0.480 e. The third-order valence-electron chi connectivity index (χ3n) is 4.30. The maximum absolute atomic E-state index is 12.5. The number of benzene rings is 2. The highest BCUT2D eigenvalue weighted by molar-refractivity contribution is 9.10. The molecule has 28 heavy (non-hydrogen) atoms. The van der Waals surface area contributed by atoms with Gasteiger partial charge in [-0.1, -0.05) is 24.3 Å². The number of pyridine rings is 1. The minimum Gasteiger partial charge on any atom is -0.480 e. The van der Waals surface area contributed by atoms with Crippen LogP contribution in [0.1, 0.15) is 15.9 Å². The molecule has 0 radical (unpaired) electrons. The molecule has 0 saturated carbocycles. The van der Waals surface area contributed by atoms with Crippen LogP contribution >= 0.6 is 15.9 Å². The van der Waals surface area contributed by atoms with E-state index in [1.807, 2.05) is 24.3 Å². The van der Waals surface area contributed by atoms with Crippen LogP contribution in [-0.4, -0.2) is 22.9 Å². The Morgan fingerprint density at radius 2 is 1.89 bits per heavy atom. The summed E-state index contributed by atoms with van der Waals surface area (Å²) in [6.07, 6.45) is 1.55. The number of carbonyl (C=O) groups excluding carboxylic acids is 2. The Morgan fingerprint density at radius 3 is 2.68 bits per heavy atom. The van der Waals surface area contributed by atoms with Crippen molar-refractivity contribution in [2.45, 2.75) is 12.5 Å². The number of nitrogens with zero attached hydrogens (tertiary/aromatic N) is 1. The van der Waals surface area contributed by atoms with Crippen molar-refractivity contribution in [2.75, 3.05) is 10.6 Å². The number of nitrogens with one attached hydrogen (secondary N) is 2. The van der Waals surface area contributed by atoms with Crippen LogP contribution in [0.3, 0.4) is 0 Å². The molecule has 0 fully saturated rings. The molecule has 1 aliphatic heterocycles. The third-order valence-corrected chi connectivity index (χ3v) is 4.77. The maximum Gasteiger partial charge on any atom is 0.265 e. The molecule has 7 heteroatoms. The van der Waals surface area contributed by atoms with E-state index in [1.54, 1.807) is 42.6 Å². The van der Waals surface area contributed by atoms with E-state index < -0.39 is 6.10 Å². The van der Waals surface area contributed by atoms with Crippen molar-refractivity contribution in [1.29, 1.82) is 0 Å². The third kappa shape index (κ3) is 4.04. The summed E-state index contributed by atoms with van der Waals surface area (Å²) in [5.41, 5.74) is 1.96. The number of halogens is 1. The molecule has 1 unspecified atom stereocenters. The van der Waals surface area contributed by atoms with E-state index in [2.05, 4.69) is 31.5 Å². The quantitative estimate of drug-likeness (QED) is 0.645. The van der Waals surface area contributed by atoms with Gasteiger partial charge < -0.3 is 15.4 Å². The Balaban J connectivity index is 1.41. The number of para-hydroxylation sites is 1. The molecule has 0 spiro atoms. The molecule has 1 atom stereocenters. The van der Waals surface area contributed by atoms with E-state index >= 15 is 0 Å². The van der Waals surface area contributed by atoms with Crippen LogP contribution < -0.4 is 15.4 Å². The number of fused-ring (bicyclic) bond motifs is 1. The summed E-state index contributed by atoms with van der Waals surface area (Å²) < 4.78 is 6.53. The number of hydrogen-bond donors (Lipinski definition) is 2. The zero-order valence-electron chi connectivity index (χ0n) is 14.7. The molecule has 2 amide bonds. The fourth-order valence-corrected chi connectivity index (χ4v) is 3.16. The van der Waals surface area contributed by atoms with Crippen LogP contribution in [0.5, 0.6) is 5.75 Å². The topological polar surface area (TPSA) is 80.3 Å². The van der Waals surface area contributed by atoms with Gasteiger partial charge in [-0.3, -0.25) is 9.59 Å². The van der Waals surface area contributed by atoms with Gasteiger partial charge in [0.25, 0.3) is 11.8 Å². The van der Waals surface area contributed by atoms with Crippen LogP contribution in [0, 0.1) is 0 Å². The highest BCUT2D eigenvalue weighted by atomic mass is 79.9. The standard InChI is InChI=1S/C21H16BrN3O3/c22-15-8-9-19(23-12-15)25-20(26)14-5-3-6-16(10-14)24-21(27)18-11-13-4-1-2-7-17(13)28-18/h1-10,12,18H,11H2,(H,24,27)(H,23,25,26). The van der Waals surface area contributed by atoms with E-state index in [9.17, 15) is 9.59 Å². The summed E-state index contributed by atoms with van der Waals surface area (Å²) in [5, 5.41) is 5.54. The molecule has 6 nitrogen and oxygen atoms in total. The number of carbonyl (C=O) groups is 2. The minimum absolute atomic E-state index is 0.247. The Morgan fingerprint density at radius 1 is 1.04 bits per heavy atom. The van der Waals surface area contributed by atoms with Gasteiger partial charge in [-0.25, -0.2) is 4.98 Å². The van der Waals surface area contributed by atoms with Crippen molar-refractivity contribution in [3.63, 3.8) is 0 Å². The Hall–Kier alpha value is -3.19. The molecule has 1 aliphatic rings. The van der Waals surface area contributed by atoms with E-state index in [4.69, 9.17) is 4.74 Å². The second-order valence-electron chi connectivity index (χ2n) is 6.30. The minimum atomic E-state index is -0.582. The van der Waals surface area contributed by atoms with E-state index in [-0.39, 0.29) is 11.8 Å². The number of rotatable bonds is 4. The van der Waals surface area contributed by atoms with Gasteiger partial charge in [0.05, 0.1) is 0 Å². The molecule has 3 aromatic rings. The molecule has 2 aromatic carbocycles. The number of amides is 2. The van der Waals surface area contributed by atoms with Crippen molar-refractivity contribution >= 4 is 39.2 Å². The van der Waals surface area contributed by atoms with Crippen LogP contribution in [0.4, 0.5) is 11.5 Å². The van der Waals surface area contributed by atoms with Gasteiger partial charge in [-0.05, 0) is 57.9 Å². The number of aromatic nitrogens is 1. The lowest BCUT2D eigenvalue weighted by atomic mass is 10.1. The fourth-order valence-electron chi connectivity index (χ4n) is 2.93. The van der Waals surface area contributed by atoms with Crippen molar-refractivity contribution in [2.24, 2.45) is 0 Å². The lowest BCUT2D eigenvalue weighted by Gasteiger charge is -2.12. The Bertz CT molecular complexity index is 1010. The summed E-state index contributed by atoms with van der Waals surface area (Å²) in [4.78, 5) is 29.1. The zero-order chi connectivity index (χ0) is 19.5. The Labute approximate surface area is 170 Å². The molecule has 4 rings (SSSR count). The average molecular weight is 438 g/mol. The molecule has 1 aromatic heterocycles. The highest BCUT2D eigenvalue weighted by Crippen LogP contribution is 2.28. The molecule has 140 valence electrons. The number of anilines is 2. The van der Waals surface area contributed by atoms with E-state index in [0.29, 0.717) is 23.5 Å².